The Morgan fingerprint density at radius 3 is 2.83 bits per heavy atom. The Hall–Kier alpha value is -2.34. The first kappa shape index (κ1) is 19.6. The number of aromatic nitrogens is 4. The van der Waals surface area contributed by atoms with Crippen LogP contribution in [-0.2, 0) is 14.2 Å². The maximum atomic E-state index is 11.3. The molecule has 0 radical (unpaired) electrons. The number of ether oxygens (including phenoxy) is 3. The molecule has 30 heavy (non-hydrogen) atoms. The van der Waals surface area contributed by atoms with Gasteiger partial charge in [-0.05, 0) is 0 Å². The molecular formula is C19H20ClN5O5. The van der Waals surface area contributed by atoms with E-state index in [0.29, 0.717) is 11.2 Å². The predicted molar refractivity (Wildman–Crippen MR) is 106 cm³/mol. The molecular weight excluding hydrogens is 414 g/mol. The van der Waals surface area contributed by atoms with Crippen LogP contribution in [0.5, 0.6) is 0 Å². The molecule has 11 heteroatoms. The van der Waals surface area contributed by atoms with Crippen LogP contribution in [0.15, 0.2) is 36.7 Å². The highest BCUT2D eigenvalue weighted by atomic mass is 35.5. The van der Waals surface area contributed by atoms with Gasteiger partial charge in [-0.2, -0.15) is 9.97 Å². The van der Waals surface area contributed by atoms with Crippen molar-refractivity contribution in [3.05, 3.63) is 47.4 Å². The smallest absolute Gasteiger partial charge is 0.223 e. The summed E-state index contributed by atoms with van der Waals surface area (Å²) in [5, 5.41) is 21.4. The number of imidazole rings is 1. The van der Waals surface area contributed by atoms with Crippen molar-refractivity contribution in [1.82, 2.24) is 19.5 Å². The molecule has 0 spiro atoms. The van der Waals surface area contributed by atoms with Crippen LogP contribution in [-0.4, -0.2) is 67.4 Å². The minimum Gasteiger partial charge on any atom is -0.393 e. The summed E-state index contributed by atoms with van der Waals surface area (Å²) in [5.74, 6) is -0.00312. The highest BCUT2D eigenvalue weighted by Crippen LogP contribution is 2.41. The van der Waals surface area contributed by atoms with E-state index in [0.717, 1.165) is 5.56 Å². The molecule has 0 amide bonds. The van der Waals surface area contributed by atoms with Crippen LogP contribution in [0.1, 0.15) is 17.9 Å². The third kappa shape index (κ3) is 3.04. The normalized spacial score (nSPS) is 31.6. The standard InChI is InChI=1S/C19H20ClN5O5/c20-15-12-16(24-18(21)23-15)25(9-22-12)11-6-29-19(7-26)8-28-17(30-14(19)13(11)27)10-4-2-1-3-5-10/h1-5,9,11,13-14,17,26-27H,6-8H2,(H2,21,23,24)/t11-,13+,14+,17-,19-/m1/s1. The Morgan fingerprint density at radius 1 is 1.27 bits per heavy atom. The van der Waals surface area contributed by atoms with Gasteiger partial charge < -0.3 is 34.7 Å². The largest absolute Gasteiger partial charge is 0.393 e. The number of aliphatic hydroxyl groups excluding tert-OH is 2. The summed E-state index contributed by atoms with van der Waals surface area (Å²) in [6.45, 7) is -0.217. The SMILES string of the molecule is Nc1nc(Cl)c2ncn([C@@H]3CO[C@]4(CO)CO[C@@H](c5ccccc5)O[C@H]4[C@H]3O)c2n1. The zero-order chi connectivity index (χ0) is 20.9. The van der Waals surface area contributed by atoms with Crippen molar-refractivity contribution in [1.29, 1.82) is 0 Å². The van der Waals surface area contributed by atoms with Crippen molar-refractivity contribution < 1.29 is 24.4 Å². The van der Waals surface area contributed by atoms with E-state index in [2.05, 4.69) is 15.0 Å². The van der Waals surface area contributed by atoms with Gasteiger partial charge in [0.05, 0.1) is 32.2 Å². The summed E-state index contributed by atoms with van der Waals surface area (Å²) in [7, 11) is 0. The van der Waals surface area contributed by atoms with Gasteiger partial charge in [0, 0.05) is 5.56 Å². The maximum Gasteiger partial charge on any atom is 0.223 e. The first-order chi connectivity index (χ1) is 14.5. The molecule has 1 aromatic carbocycles. The van der Waals surface area contributed by atoms with Gasteiger partial charge in [0.2, 0.25) is 5.95 Å². The van der Waals surface area contributed by atoms with Gasteiger partial charge in [-0.25, -0.2) is 4.98 Å². The lowest BCUT2D eigenvalue weighted by atomic mass is 9.86. The zero-order valence-corrected chi connectivity index (χ0v) is 16.5. The van der Waals surface area contributed by atoms with Crippen LogP contribution in [0.4, 0.5) is 5.95 Å². The van der Waals surface area contributed by atoms with Gasteiger partial charge in [-0.1, -0.05) is 41.9 Å². The molecule has 0 aliphatic carbocycles. The van der Waals surface area contributed by atoms with Crippen LogP contribution < -0.4 is 5.73 Å². The van der Waals surface area contributed by atoms with Crippen LogP contribution >= 0.6 is 11.6 Å². The van der Waals surface area contributed by atoms with E-state index in [1.807, 2.05) is 30.3 Å². The molecule has 5 atom stereocenters. The highest BCUT2D eigenvalue weighted by Gasteiger charge is 2.55. The number of aliphatic hydroxyl groups is 2. The van der Waals surface area contributed by atoms with Crippen molar-refractivity contribution >= 4 is 28.7 Å². The summed E-state index contributed by atoms with van der Waals surface area (Å²) in [6.07, 6.45) is -1.09. The van der Waals surface area contributed by atoms with Gasteiger partial charge in [0.25, 0.3) is 0 Å². The number of hydrogen-bond acceptors (Lipinski definition) is 9. The van der Waals surface area contributed by atoms with E-state index < -0.39 is 30.1 Å². The molecule has 0 saturated carbocycles. The number of anilines is 1. The second-order valence-corrected chi connectivity index (χ2v) is 7.76. The molecule has 4 N–H and O–H groups in total. The van der Waals surface area contributed by atoms with E-state index in [-0.39, 0.29) is 30.9 Å². The van der Waals surface area contributed by atoms with Crippen molar-refractivity contribution in [2.75, 3.05) is 25.6 Å². The fraction of sp³-hybridized carbons (Fsp3) is 0.421. The second-order valence-electron chi connectivity index (χ2n) is 7.40. The third-order valence-corrected chi connectivity index (χ3v) is 5.87. The molecule has 0 unspecified atom stereocenters. The van der Waals surface area contributed by atoms with Crippen molar-refractivity contribution in [3.8, 4) is 0 Å². The summed E-state index contributed by atoms with van der Waals surface area (Å²) in [4.78, 5) is 12.4. The van der Waals surface area contributed by atoms with E-state index in [1.165, 1.54) is 6.33 Å². The van der Waals surface area contributed by atoms with Crippen LogP contribution in [0.3, 0.4) is 0 Å². The molecule has 158 valence electrons. The number of halogens is 1. The predicted octanol–water partition coefficient (Wildman–Crippen LogP) is 0.839. The van der Waals surface area contributed by atoms with Crippen molar-refractivity contribution in [2.45, 2.75) is 30.1 Å². The lowest BCUT2D eigenvalue weighted by Crippen LogP contribution is -2.66. The molecule has 2 aliphatic heterocycles. The number of nitrogens with zero attached hydrogens (tertiary/aromatic N) is 4. The van der Waals surface area contributed by atoms with Crippen LogP contribution in [0.25, 0.3) is 11.2 Å². The van der Waals surface area contributed by atoms with Gasteiger partial charge in [0.1, 0.15) is 23.3 Å². The topological polar surface area (TPSA) is 138 Å². The maximum absolute atomic E-state index is 11.3. The molecule has 2 saturated heterocycles. The Labute approximate surface area is 176 Å². The average molecular weight is 434 g/mol. The van der Waals surface area contributed by atoms with Crippen molar-refractivity contribution in [3.63, 3.8) is 0 Å². The van der Waals surface area contributed by atoms with E-state index in [9.17, 15) is 10.2 Å². The monoisotopic (exact) mass is 433 g/mol. The minimum atomic E-state index is -1.18. The molecule has 2 aliphatic rings. The third-order valence-electron chi connectivity index (χ3n) is 5.61. The first-order valence-electron chi connectivity index (χ1n) is 9.43. The van der Waals surface area contributed by atoms with Crippen LogP contribution in [0, 0.1) is 0 Å². The fourth-order valence-corrected chi connectivity index (χ4v) is 4.23. The van der Waals surface area contributed by atoms with E-state index in [4.69, 9.17) is 31.5 Å². The first-order valence-corrected chi connectivity index (χ1v) is 9.80. The van der Waals surface area contributed by atoms with Gasteiger partial charge in [-0.15, -0.1) is 0 Å². The molecule has 2 aromatic heterocycles. The number of nitrogens with two attached hydrogens (primary N) is 1. The molecule has 3 aromatic rings. The Balaban J connectivity index is 1.49. The summed E-state index contributed by atoms with van der Waals surface area (Å²) in [5.41, 5.74) is 6.11. The lowest BCUT2D eigenvalue weighted by Gasteiger charge is -2.51. The van der Waals surface area contributed by atoms with Crippen molar-refractivity contribution in [2.24, 2.45) is 0 Å². The zero-order valence-electron chi connectivity index (χ0n) is 15.8. The Kier molecular flexibility index (Phi) is 4.85. The molecule has 2 fully saturated rings. The van der Waals surface area contributed by atoms with Gasteiger partial charge in [0.15, 0.2) is 17.1 Å². The Morgan fingerprint density at radius 2 is 2.07 bits per heavy atom. The molecule has 0 bridgehead atoms. The summed E-state index contributed by atoms with van der Waals surface area (Å²) in [6, 6.07) is 8.78. The minimum absolute atomic E-state index is 0.00312. The average Bonchev–Trinajstić information content (AvgIpc) is 3.18. The number of rotatable bonds is 3. The lowest BCUT2D eigenvalue weighted by molar-refractivity contribution is -0.350. The number of benzene rings is 1. The molecule has 4 heterocycles. The van der Waals surface area contributed by atoms with Gasteiger partial charge >= 0.3 is 0 Å². The number of fused-ring (bicyclic) bond motifs is 2. The number of hydrogen-bond donors (Lipinski definition) is 3. The highest BCUT2D eigenvalue weighted by molar-refractivity contribution is 6.33. The second kappa shape index (κ2) is 7.41. The molecule has 5 rings (SSSR count). The van der Waals surface area contributed by atoms with Crippen LogP contribution in [0.2, 0.25) is 5.15 Å². The van der Waals surface area contributed by atoms with Gasteiger partial charge in [-0.3, -0.25) is 0 Å². The van der Waals surface area contributed by atoms with E-state index in [1.54, 1.807) is 4.57 Å². The summed E-state index contributed by atoms with van der Waals surface area (Å²) >= 11 is 6.12. The Bertz CT molecular complexity index is 1070. The quantitative estimate of drug-likeness (QED) is 0.513. The summed E-state index contributed by atoms with van der Waals surface area (Å²) < 4.78 is 19.6. The van der Waals surface area contributed by atoms with E-state index >= 15 is 0 Å². The molecule has 10 nitrogen and oxygen atoms in total. The number of nitrogen functional groups attached to an aromatic ring is 1. The fourth-order valence-electron chi connectivity index (χ4n) is 4.01.